The number of nitrogens with zero attached hydrogens (tertiary/aromatic N) is 2. The van der Waals surface area contributed by atoms with Crippen molar-refractivity contribution in [1.29, 1.82) is 0 Å². The molecule has 0 spiro atoms. The van der Waals surface area contributed by atoms with Gasteiger partial charge in [0.1, 0.15) is 6.54 Å². The summed E-state index contributed by atoms with van der Waals surface area (Å²) in [5.74, 6) is -0.348. The molecule has 30 heavy (non-hydrogen) atoms. The van der Waals surface area contributed by atoms with Crippen LogP contribution in [0.15, 0.2) is 28.0 Å². The Kier molecular flexibility index (Phi) is 9.04. The average molecular weight is 441 g/mol. The number of carbonyl (C=O) groups excluding carboxylic acids is 2. The number of hydrogen-bond donors (Lipinski definition) is 2. The van der Waals surface area contributed by atoms with Crippen molar-refractivity contribution in [3.8, 4) is 0 Å². The van der Waals surface area contributed by atoms with Crippen LogP contribution in [0.2, 0.25) is 0 Å². The normalized spacial score (nSPS) is 15.2. The fraction of sp³-hybridized carbons (Fsp3) is 0.650. The third-order valence-electron chi connectivity index (χ3n) is 5.34. The molecule has 0 atom stereocenters. The Morgan fingerprint density at radius 3 is 2.33 bits per heavy atom. The van der Waals surface area contributed by atoms with Crippen molar-refractivity contribution in [1.82, 2.24) is 19.5 Å². The van der Waals surface area contributed by atoms with E-state index in [4.69, 9.17) is 0 Å². The number of nitrogens with one attached hydrogen (secondary N) is 2. The lowest BCUT2D eigenvalue weighted by atomic mass is 9.89. The average Bonchev–Trinajstić information content (AvgIpc) is 2.73. The van der Waals surface area contributed by atoms with E-state index < -0.39 is 21.5 Å². The van der Waals surface area contributed by atoms with Crippen LogP contribution in [0.3, 0.4) is 0 Å². The van der Waals surface area contributed by atoms with Crippen molar-refractivity contribution in [3.05, 3.63) is 28.7 Å². The molecule has 0 bridgehead atoms. The molecule has 1 aromatic rings. The first-order valence-electron chi connectivity index (χ1n) is 10.5. The summed E-state index contributed by atoms with van der Waals surface area (Å²) >= 11 is 0. The van der Waals surface area contributed by atoms with Gasteiger partial charge >= 0.3 is 0 Å². The van der Waals surface area contributed by atoms with E-state index in [1.54, 1.807) is 13.8 Å². The summed E-state index contributed by atoms with van der Waals surface area (Å²) in [7, 11) is -3.72. The zero-order chi connectivity index (χ0) is 22.1. The van der Waals surface area contributed by atoms with Crippen LogP contribution < -0.4 is 16.2 Å². The van der Waals surface area contributed by atoms with Gasteiger partial charge in [-0.2, -0.15) is 4.31 Å². The Morgan fingerprint density at radius 2 is 1.70 bits per heavy atom. The molecule has 1 aromatic heterocycles. The maximum Gasteiger partial charge on any atom is 0.251 e. The Bertz CT molecular complexity index is 887. The molecule has 0 radical (unpaired) electrons. The van der Waals surface area contributed by atoms with Gasteiger partial charge in [0.2, 0.25) is 21.8 Å². The van der Waals surface area contributed by atoms with E-state index >= 15 is 0 Å². The van der Waals surface area contributed by atoms with Crippen molar-refractivity contribution < 1.29 is 18.0 Å². The third kappa shape index (κ3) is 6.40. The maximum absolute atomic E-state index is 12.6. The first-order valence-corrected chi connectivity index (χ1v) is 12.0. The molecule has 0 aliphatic heterocycles. The van der Waals surface area contributed by atoms with Gasteiger partial charge in [-0.15, -0.1) is 0 Å². The fourth-order valence-electron chi connectivity index (χ4n) is 3.61. The van der Waals surface area contributed by atoms with Crippen LogP contribution in [0.25, 0.3) is 0 Å². The van der Waals surface area contributed by atoms with Crippen LogP contribution in [0, 0.1) is 5.92 Å². The van der Waals surface area contributed by atoms with Crippen LogP contribution in [-0.4, -0.2) is 55.3 Å². The Morgan fingerprint density at radius 1 is 1.07 bits per heavy atom. The van der Waals surface area contributed by atoms with Crippen LogP contribution in [-0.2, 0) is 26.2 Å². The monoisotopic (exact) mass is 440 g/mol. The van der Waals surface area contributed by atoms with Crippen molar-refractivity contribution in [2.24, 2.45) is 5.92 Å². The molecule has 10 heteroatoms. The van der Waals surface area contributed by atoms with Gasteiger partial charge in [-0.25, -0.2) is 8.42 Å². The minimum absolute atomic E-state index is 0.0227. The van der Waals surface area contributed by atoms with Crippen molar-refractivity contribution in [2.45, 2.75) is 57.4 Å². The minimum atomic E-state index is -3.72. The van der Waals surface area contributed by atoms with Gasteiger partial charge in [0, 0.05) is 44.4 Å². The molecular weight excluding hydrogens is 408 g/mol. The first-order chi connectivity index (χ1) is 14.3. The maximum atomic E-state index is 12.6. The highest BCUT2D eigenvalue weighted by atomic mass is 32.2. The summed E-state index contributed by atoms with van der Waals surface area (Å²) in [6.45, 7) is 4.35. The Hall–Kier alpha value is -2.20. The lowest BCUT2D eigenvalue weighted by Gasteiger charge is -2.20. The van der Waals surface area contributed by atoms with E-state index in [0.717, 1.165) is 36.3 Å². The summed E-state index contributed by atoms with van der Waals surface area (Å²) in [4.78, 5) is 36.3. The molecule has 2 N–H and O–H groups in total. The van der Waals surface area contributed by atoms with Crippen LogP contribution in [0.4, 0.5) is 0 Å². The topological polar surface area (TPSA) is 118 Å². The number of hydrogen-bond acceptors (Lipinski definition) is 5. The van der Waals surface area contributed by atoms with E-state index in [-0.39, 0.29) is 29.8 Å². The van der Waals surface area contributed by atoms with Crippen LogP contribution >= 0.6 is 0 Å². The Balaban J connectivity index is 1.89. The second-order valence-corrected chi connectivity index (χ2v) is 9.33. The Labute approximate surface area is 177 Å². The molecule has 9 nitrogen and oxygen atoms in total. The van der Waals surface area contributed by atoms with Crippen LogP contribution in [0.1, 0.15) is 46.0 Å². The highest BCUT2D eigenvalue weighted by Gasteiger charge is 2.23. The summed E-state index contributed by atoms with van der Waals surface area (Å²) in [6, 6.07) is 2.40. The molecule has 2 amide bonds. The molecule has 1 aliphatic rings. The molecule has 0 saturated heterocycles. The van der Waals surface area contributed by atoms with E-state index in [0.29, 0.717) is 19.6 Å². The second-order valence-electron chi connectivity index (χ2n) is 7.40. The largest absolute Gasteiger partial charge is 0.354 e. The summed E-state index contributed by atoms with van der Waals surface area (Å²) in [6.07, 6.45) is 6.35. The molecule has 168 valence electrons. The smallest absolute Gasteiger partial charge is 0.251 e. The van der Waals surface area contributed by atoms with Gasteiger partial charge in [0.25, 0.3) is 5.56 Å². The first kappa shape index (κ1) is 24.1. The van der Waals surface area contributed by atoms with Gasteiger partial charge < -0.3 is 15.2 Å². The van der Waals surface area contributed by atoms with Gasteiger partial charge in [-0.05, 0) is 18.9 Å². The number of carbonyl (C=O) groups is 2. The summed E-state index contributed by atoms with van der Waals surface area (Å²) in [5.41, 5.74) is -0.464. The number of pyridine rings is 1. The molecule has 0 unspecified atom stereocenters. The molecule has 0 aromatic carbocycles. The summed E-state index contributed by atoms with van der Waals surface area (Å²) < 4.78 is 27.6. The highest BCUT2D eigenvalue weighted by molar-refractivity contribution is 7.89. The number of aromatic nitrogens is 1. The zero-order valence-corrected chi connectivity index (χ0v) is 18.5. The quantitative estimate of drug-likeness (QED) is 0.519. The van der Waals surface area contributed by atoms with Gasteiger partial charge in [0.15, 0.2) is 0 Å². The second kappa shape index (κ2) is 11.3. The predicted molar refractivity (Wildman–Crippen MR) is 113 cm³/mol. The molecular formula is C20H32N4O5S. The zero-order valence-electron chi connectivity index (χ0n) is 17.7. The van der Waals surface area contributed by atoms with E-state index in [1.165, 1.54) is 23.0 Å². The van der Waals surface area contributed by atoms with Gasteiger partial charge in [-0.3, -0.25) is 14.4 Å². The van der Waals surface area contributed by atoms with Crippen molar-refractivity contribution in [3.63, 3.8) is 0 Å². The van der Waals surface area contributed by atoms with Crippen molar-refractivity contribution in [2.75, 3.05) is 26.2 Å². The summed E-state index contributed by atoms with van der Waals surface area (Å²) in [5, 5.41) is 5.48. The lowest BCUT2D eigenvalue weighted by molar-refractivity contribution is -0.126. The van der Waals surface area contributed by atoms with E-state index in [2.05, 4.69) is 10.6 Å². The molecule has 1 saturated carbocycles. The SMILES string of the molecule is CCN(CC)S(=O)(=O)c1ccc(=O)n(CC(=O)NCCNC(=O)C2CCCCC2)c1. The molecule has 2 rings (SSSR count). The van der Waals surface area contributed by atoms with Gasteiger partial charge in [0.05, 0.1) is 4.90 Å². The van der Waals surface area contributed by atoms with Crippen molar-refractivity contribution >= 4 is 21.8 Å². The molecule has 1 fully saturated rings. The van der Waals surface area contributed by atoms with Gasteiger partial charge in [-0.1, -0.05) is 33.1 Å². The van der Waals surface area contributed by atoms with Crippen LogP contribution in [0.5, 0.6) is 0 Å². The number of rotatable bonds is 10. The molecule has 1 heterocycles. The molecule has 1 aliphatic carbocycles. The number of amides is 2. The predicted octanol–water partition coefficient (Wildman–Crippen LogP) is 0.692. The highest BCUT2D eigenvalue weighted by Crippen LogP contribution is 2.23. The lowest BCUT2D eigenvalue weighted by Crippen LogP contribution is -2.39. The fourth-order valence-corrected chi connectivity index (χ4v) is 5.08. The minimum Gasteiger partial charge on any atom is -0.354 e. The van der Waals surface area contributed by atoms with E-state index in [1.807, 2.05) is 0 Å². The number of sulfonamides is 1. The third-order valence-corrected chi connectivity index (χ3v) is 7.37. The van der Waals surface area contributed by atoms with E-state index in [9.17, 15) is 22.8 Å². The standard InChI is InChI=1S/C20H32N4O5S/c1-3-24(4-2)30(28,29)17-10-11-19(26)23(14-17)15-18(25)21-12-13-22-20(27)16-8-6-5-7-9-16/h10-11,14,16H,3-9,12-13,15H2,1-2H3,(H,21,25)(H,22,27).